The van der Waals surface area contributed by atoms with Crippen molar-refractivity contribution >= 4 is 16.7 Å². The lowest BCUT2D eigenvalue weighted by molar-refractivity contribution is -0.0466. The summed E-state index contributed by atoms with van der Waals surface area (Å²) in [5, 5.41) is 5.20. The first-order valence-corrected chi connectivity index (χ1v) is 8.07. The SMILES string of the molecule is COCCc1nsc(N2CCOC(C)(c3cnn(C)c3)C2)n1. The molecule has 1 atom stereocenters. The summed E-state index contributed by atoms with van der Waals surface area (Å²) in [5.41, 5.74) is 0.717. The van der Waals surface area contributed by atoms with Crippen LogP contribution in [-0.2, 0) is 28.5 Å². The van der Waals surface area contributed by atoms with Gasteiger partial charge >= 0.3 is 0 Å². The third-order valence-electron chi connectivity index (χ3n) is 3.85. The molecule has 0 radical (unpaired) electrons. The maximum Gasteiger partial charge on any atom is 0.205 e. The van der Waals surface area contributed by atoms with E-state index in [9.17, 15) is 0 Å². The van der Waals surface area contributed by atoms with Crippen molar-refractivity contribution in [3.63, 3.8) is 0 Å². The first-order valence-electron chi connectivity index (χ1n) is 7.30. The molecule has 1 aliphatic heterocycles. The Balaban J connectivity index is 1.74. The Morgan fingerprint density at radius 1 is 1.50 bits per heavy atom. The van der Waals surface area contributed by atoms with Gasteiger partial charge in [-0.05, 0) is 6.92 Å². The highest BCUT2D eigenvalue weighted by atomic mass is 32.1. The largest absolute Gasteiger partial charge is 0.384 e. The van der Waals surface area contributed by atoms with Gasteiger partial charge in [0, 0.05) is 50.4 Å². The molecule has 0 aromatic carbocycles. The van der Waals surface area contributed by atoms with Gasteiger partial charge in [-0.2, -0.15) is 9.47 Å². The number of aromatic nitrogens is 4. The van der Waals surface area contributed by atoms with E-state index in [1.807, 2.05) is 19.4 Å². The minimum Gasteiger partial charge on any atom is -0.384 e. The zero-order chi connectivity index (χ0) is 15.6. The Bertz CT molecular complexity index is 628. The molecule has 8 heteroatoms. The van der Waals surface area contributed by atoms with Crippen molar-refractivity contribution in [2.75, 3.05) is 38.3 Å². The number of nitrogens with zero attached hydrogens (tertiary/aromatic N) is 5. The predicted octanol–water partition coefficient (Wildman–Crippen LogP) is 1.21. The second-order valence-electron chi connectivity index (χ2n) is 5.64. The van der Waals surface area contributed by atoms with Gasteiger partial charge in [-0.15, -0.1) is 0 Å². The summed E-state index contributed by atoms with van der Waals surface area (Å²) in [6, 6.07) is 0. The van der Waals surface area contributed by atoms with Gasteiger partial charge in [0.25, 0.3) is 0 Å². The third-order valence-corrected chi connectivity index (χ3v) is 4.66. The Morgan fingerprint density at radius 2 is 2.36 bits per heavy atom. The smallest absolute Gasteiger partial charge is 0.205 e. The lowest BCUT2D eigenvalue weighted by atomic mass is 9.97. The van der Waals surface area contributed by atoms with Crippen molar-refractivity contribution in [2.45, 2.75) is 18.9 Å². The van der Waals surface area contributed by atoms with Gasteiger partial charge < -0.3 is 14.4 Å². The van der Waals surface area contributed by atoms with Crippen LogP contribution in [0.2, 0.25) is 0 Å². The van der Waals surface area contributed by atoms with Gasteiger partial charge in [0.05, 0.1) is 26.0 Å². The van der Waals surface area contributed by atoms with Gasteiger partial charge in [0.1, 0.15) is 11.4 Å². The molecule has 0 bridgehead atoms. The summed E-state index contributed by atoms with van der Waals surface area (Å²) in [5.74, 6) is 0.844. The Labute approximate surface area is 134 Å². The number of anilines is 1. The number of methoxy groups -OCH3 is 1. The standard InChI is InChI=1S/C14H21N5O2S/c1-14(11-8-15-18(2)9-11)10-19(5-7-21-14)13-16-12(17-22-13)4-6-20-3/h8-9H,4-7,10H2,1-3H3. The fourth-order valence-corrected chi connectivity index (χ4v) is 3.31. The summed E-state index contributed by atoms with van der Waals surface area (Å²) in [6.45, 7) is 4.99. The molecule has 3 rings (SSSR count). The summed E-state index contributed by atoms with van der Waals surface area (Å²) < 4.78 is 17.3. The minimum atomic E-state index is -0.370. The van der Waals surface area contributed by atoms with E-state index in [-0.39, 0.29) is 5.60 Å². The maximum atomic E-state index is 6.03. The van der Waals surface area contributed by atoms with E-state index in [0.717, 1.165) is 36.0 Å². The highest BCUT2D eigenvalue weighted by molar-refractivity contribution is 7.09. The maximum absolute atomic E-state index is 6.03. The van der Waals surface area contributed by atoms with Crippen LogP contribution >= 0.6 is 11.5 Å². The Morgan fingerprint density at radius 3 is 3.09 bits per heavy atom. The molecule has 1 saturated heterocycles. The van der Waals surface area contributed by atoms with Crippen LogP contribution in [0.3, 0.4) is 0 Å². The number of aryl methyl sites for hydroxylation is 1. The number of morpholine rings is 1. The van der Waals surface area contributed by atoms with E-state index in [4.69, 9.17) is 9.47 Å². The van der Waals surface area contributed by atoms with E-state index in [2.05, 4.69) is 26.3 Å². The van der Waals surface area contributed by atoms with Crippen LogP contribution in [0.25, 0.3) is 0 Å². The Kier molecular flexibility index (Phi) is 4.42. The molecule has 0 aliphatic carbocycles. The minimum absolute atomic E-state index is 0.370. The van der Waals surface area contributed by atoms with E-state index < -0.39 is 0 Å². The van der Waals surface area contributed by atoms with Gasteiger partial charge in [0.2, 0.25) is 5.13 Å². The van der Waals surface area contributed by atoms with Crippen LogP contribution in [0.15, 0.2) is 12.4 Å². The lowest BCUT2D eigenvalue weighted by Crippen LogP contribution is -2.48. The van der Waals surface area contributed by atoms with Crippen molar-refractivity contribution < 1.29 is 9.47 Å². The van der Waals surface area contributed by atoms with E-state index >= 15 is 0 Å². The van der Waals surface area contributed by atoms with Crippen molar-refractivity contribution in [1.82, 2.24) is 19.1 Å². The molecule has 1 aliphatic rings. The molecule has 120 valence electrons. The molecule has 3 heterocycles. The molecule has 1 fully saturated rings. The molecule has 0 saturated carbocycles. The van der Waals surface area contributed by atoms with Gasteiger partial charge in [0.15, 0.2) is 0 Å². The third kappa shape index (κ3) is 3.13. The fraction of sp³-hybridized carbons (Fsp3) is 0.643. The molecule has 0 spiro atoms. The normalized spacial score (nSPS) is 22.2. The highest BCUT2D eigenvalue weighted by Gasteiger charge is 2.36. The van der Waals surface area contributed by atoms with Crippen molar-refractivity contribution in [1.29, 1.82) is 0 Å². The number of ether oxygens (including phenoxy) is 2. The molecule has 7 nitrogen and oxygen atoms in total. The van der Waals surface area contributed by atoms with Gasteiger partial charge in [-0.25, -0.2) is 4.98 Å². The predicted molar refractivity (Wildman–Crippen MR) is 84.2 cm³/mol. The molecule has 2 aromatic heterocycles. The topological polar surface area (TPSA) is 65.3 Å². The summed E-state index contributed by atoms with van der Waals surface area (Å²) >= 11 is 1.44. The van der Waals surface area contributed by atoms with Crippen molar-refractivity contribution in [2.24, 2.45) is 7.05 Å². The van der Waals surface area contributed by atoms with E-state index in [1.165, 1.54) is 11.5 Å². The monoisotopic (exact) mass is 323 g/mol. The lowest BCUT2D eigenvalue weighted by Gasteiger charge is -2.39. The average Bonchev–Trinajstić information content (AvgIpc) is 3.14. The first kappa shape index (κ1) is 15.4. The second-order valence-corrected chi connectivity index (χ2v) is 6.37. The van der Waals surface area contributed by atoms with Crippen LogP contribution in [0.5, 0.6) is 0 Å². The van der Waals surface area contributed by atoms with Crippen molar-refractivity contribution in [3.8, 4) is 0 Å². The number of rotatable bonds is 5. The highest BCUT2D eigenvalue weighted by Crippen LogP contribution is 2.32. The van der Waals surface area contributed by atoms with Gasteiger partial charge in [-0.1, -0.05) is 0 Å². The second kappa shape index (κ2) is 6.31. The number of hydrogen-bond acceptors (Lipinski definition) is 7. The Hall–Kier alpha value is -1.51. The van der Waals surface area contributed by atoms with E-state index in [1.54, 1.807) is 11.8 Å². The zero-order valence-corrected chi connectivity index (χ0v) is 14.0. The summed E-state index contributed by atoms with van der Waals surface area (Å²) in [6.07, 6.45) is 4.62. The van der Waals surface area contributed by atoms with Crippen LogP contribution in [0.1, 0.15) is 18.3 Å². The molecular weight excluding hydrogens is 302 g/mol. The summed E-state index contributed by atoms with van der Waals surface area (Å²) in [4.78, 5) is 6.85. The molecule has 2 aromatic rings. The van der Waals surface area contributed by atoms with Crippen LogP contribution in [0, 0.1) is 0 Å². The average molecular weight is 323 g/mol. The fourth-order valence-electron chi connectivity index (χ4n) is 2.57. The van der Waals surface area contributed by atoms with Crippen LogP contribution in [0.4, 0.5) is 5.13 Å². The van der Waals surface area contributed by atoms with Crippen LogP contribution < -0.4 is 4.90 Å². The number of hydrogen-bond donors (Lipinski definition) is 0. The molecule has 22 heavy (non-hydrogen) atoms. The molecule has 0 N–H and O–H groups in total. The van der Waals surface area contributed by atoms with Gasteiger partial charge in [-0.3, -0.25) is 4.68 Å². The molecule has 1 unspecified atom stereocenters. The molecular formula is C14H21N5O2S. The molecule has 0 amide bonds. The first-order chi connectivity index (χ1) is 10.6. The van der Waals surface area contributed by atoms with E-state index in [0.29, 0.717) is 13.2 Å². The quantitative estimate of drug-likeness (QED) is 0.824. The summed E-state index contributed by atoms with van der Waals surface area (Å²) in [7, 11) is 3.61. The van der Waals surface area contributed by atoms with Crippen molar-refractivity contribution in [3.05, 3.63) is 23.8 Å². The van der Waals surface area contributed by atoms with Crippen LogP contribution in [-0.4, -0.2) is 52.6 Å². The zero-order valence-electron chi connectivity index (χ0n) is 13.2.